The molecule has 8 rings (SSSR count). The molecule has 0 saturated carbocycles. The molecule has 0 saturated heterocycles. The number of aromatic nitrogens is 4. The summed E-state index contributed by atoms with van der Waals surface area (Å²) in [5.41, 5.74) is 12.3. The third-order valence-corrected chi connectivity index (χ3v) is 8.41. The van der Waals surface area contributed by atoms with Gasteiger partial charge in [-0.1, -0.05) is 61.4 Å². The van der Waals surface area contributed by atoms with Crippen molar-refractivity contribution in [3.8, 4) is 56.6 Å². The van der Waals surface area contributed by atoms with Crippen molar-refractivity contribution in [3.05, 3.63) is 150 Å². The van der Waals surface area contributed by atoms with E-state index >= 15 is 0 Å². The van der Waals surface area contributed by atoms with Gasteiger partial charge >= 0.3 is 40.8 Å². The van der Waals surface area contributed by atoms with E-state index in [0.29, 0.717) is 28.7 Å². The molecule has 252 valence electrons. The van der Waals surface area contributed by atoms with Crippen LogP contribution in [0, 0.1) is 52.0 Å². The van der Waals surface area contributed by atoms with Gasteiger partial charge in [0.25, 0.3) is 0 Å². The van der Waals surface area contributed by atoms with Crippen molar-refractivity contribution in [2.24, 2.45) is 0 Å². The fraction of sp³-hybridized carbons (Fsp3) is 0.0952. The van der Waals surface area contributed by atoms with E-state index in [9.17, 15) is 0 Å². The largest absolute Gasteiger partial charge is 2.00 e. The summed E-state index contributed by atoms with van der Waals surface area (Å²) >= 11 is 0. The van der Waals surface area contributed by atoms with Gasteiger partial charge in [-0.3, -0.25) is 9.97 Å². The van der Waals surface area contributed by atoms with Crippen LogP contribution in [-0.2, 0) is 40.8 Å². The number of nitrogens with zero attached hydrogens (tertiary/aromatic N) is 4. The van der Waals surface area contributed by atoms with Crippen LogP contribution in [0.3, 0.4) is 0 Å². The maximum Gasteiger partial charge on any atom is 2.00 e. The quantitative estimate of drug-likeness (QED) is 0.126. The molecule has 1 aliphatic rings. The summed E-state index contributed by atoms with van der Waals surface area (Å²) in [6.07, 6.45) is 7.13. The Morgan fingerprint density at radius 2 is 0.941 bits per heavy atom. The molecule has 0 unspecified atom stereocenters. The molecule has 0 radical (unpaired) electrons. The van der Waals surface area contributed by atoms with E-state index < -0.39 is 0 Å². The Morgan fingerprint density at radius 3 is 1.39 bits per heavy atom. The first-order valence-corrected chi connectivity index (χ1v) is 16.1. The topological polar surface area (TPSA) is 70.0 Å². The first kappa shape index (κ1) is 36.1. The van der Waals surface area contributed by atoms with Gasteiger partial charge in [0.2, 0.25) is 6.71 Å². The minimum Gasteiger partial charge on any atom is -0.503 e. The van der Waals surface area contributed by atoms with Gasteiger partial charge < -0.3 is 19.4 Å². The van der Waals surface area contributed by atoms with Crippen molar-refractivity contribution in [1.29, 1.82) is 0 Å². The average molecular weight is 845 g/mol. The number of hydrogen-bond donors (Lipinski definition) is 0. The molecule has 4 heterocycles. The van der Waals surface area contributed by atoms with Gasteiger partial charge in [-0.25, -0.2) is 0 Å². The number of benzene rings is 4. The molecule has 0 bridgehead atoms. The van der Waals surface area contributed by atoms with E-state index in [1.54, 1.807) is 12.4 Å². The standard InChI is InChI=1S/C42H29BN4O2.2Pd/c1-26-10-14-44-40(20-26)30-16-28(3)18-34(22-30)48-32-6-8-36-37-9-7-33(25-39(37)43(38(36)24-32)42-46-12-5-13-47-42)49-35-19-29(4)17-31(23-35)41-21-27(2)11-15-45-41;;/h5-21H,1-4H3;;/q-4;2*+2. The Morgan fingerprint density at radius 1 is 0.471 bits per heavy atom. The third-order valence-electron chi connectivity index (χ3n) is 8.41. The van der Waals surface area contributed by atoms with Crippen LogP contribution in [0.5, 0.6) is 23.0 Å². The van der Waals surface area contributed by atoms with Gasteiger partial charge in [-0.15, -0.1) is 58.7 Å². The first-order chi connectivity index (χ1) is 23.9. The Labute approximate surface area is 326 Å². The molecular formula is C42H29BN4O2Pd2. The van der Waals surface area contributed by atoms with E-state index in [0.717, 1.165) is 66.8 Å². The van der Waals surface area contributed by atoms with Crippen LogP contribution in [0.15, 0.2) is 104 Å². The fourth-order valence-electron chi connectivity index (χ4n) is 6.24. The molecule has 0 N–H and O–H groups in total. The smallest absolute Gasteiger partial charge is 0.503 e. The van der Waals surface area contributed by atoms with Crippen molar-refractivity contribution < 1.29 is 50.3 Å². The SMILES string of the molecule is Cc1cc(Oc2[c-]c3c(cc2)-c2ccc(Oc4[c-]c(-c5cc(C)ccn5)cc(C)c4)[c-]c2B3c2ncccn2)[c-]c(-c2cc(C)ccn2)c1.[Pd+2].[Pd+2]. The van der Waals surface area contributed by atoms with Gasteiger partial charge in [0.05, 0.1) is 5.72 Å². The fourth-order valence-corrected chi connectivity index (χ4v) is 6.24. The Hall–Kier alpha value is -4.75. The third kappa shape index (κ3) is 7.64. The summed E-state index contributed by atoms with van der Waals surface area (Å²) in [6.45, 7) is 7.86. The molecule has 1 aliphatic heterocycles. The van der Waals surface area contributed by atoms with E-state index in [2.05, 4.69) is 82.3 Å². The molecule has 0 amide bonds. The number of fused-ring (bicyclic) bond motifs is 3. The second-order valence-corrected chi connectivity index (χ2v) is 12.4. The summed E-state index contributed by atoms with van der Waals surface area (Å²) in [4.78, 5) is 18.4. The molecule has 0 fully saturated rings. The van der Waals surface area contributed by atoms with Crippen molar-refractivity contribution in [3.63, 3.8) is 0 Å². The minimum atomic E-state index is -0.319. The summed E-state index contributed by atoms with van der Waals surface area (Å²) in [7, 11) is 0. The van der Waals surface area contributed by atoms with Crippen LogP contribution in [0.2, 0.25) is 0 Å². The maximum absolute atomic E-state index is 6.40. The molecule has 0 atom stereocenters. The molecule has 4 aromatic carbocycles. The van der Waals surface area contributed by atoms with E-state index in [4.69, 9.17) is 9.47 Å². The number of rotatable bonds is 7. The zero-order valence-corrected chi connectivity index (χ0v) is 31.2. The average Bonchev–Trinajstić information content (AvgIpc) is 3.41. The minimum absolute atomic E-state index is 0. The predicted molar refractivity (Wildman–Crippen MR) is 192 cm³/mol. The summed E-state index contributed by atoms with van der Waals surface area (Å²) in [6, 6.07) is 39.8. The zero-order chi connectivity index (χ0) is 33.5. The molecule has 7 aromatic rings. The molecule has 3 aromatic heterocycles. The molecule has 0 aliphatic carbocycles. The molecular weight excluding hydrogens is 816 g/mol. The Bertz CT molecular complexity index is 2220. The van der Waals surface area contributed by atoms with E-state index in [1.807, 2.05) is 80.8 Å². The number of aryl methyl sites for hydroxylation is 4. The van der Waals surface area contributed by atoms with Crippen LogP contribution in [0.1, 0.15) is 22.3 Å². The van der Waals surface area contributed by atoms with Crippen LogP contribution >= 0.6 is 0 Å². The summed E-state index contributed by atoms with van der Waals surface area (Å²) in [5.74, 6) is 2.32. The monoisotopic (exact) mass is 844 g/mol. The van der Waals surface area contributed by atoms with Crippen molar-refractivity contribution in [2.75, 3.05) is 0 Å². The van der Waals surface area contributed by atoms with Crippen molar-refractivity contribution in [2.45, 2.75) is 27.7 Å². The van der Waals surface area contributed by atoms with Gasteiger partial charge in [-0.05, 0) is 43.4 Å². The van der Waals surface area contributed by atoms with Gasteiger partial charge in [0, 0.05) is 47.8 Å². The Balaban J connectivity index is 0.00000224. The van der Waals surface area contributed by atoms with Crippen molar-refractivity contribution >= 4 is 23.4 Å². The molecule has 6 nitrogen and oxygen atoms in total. The predicted octanol–water partition coefficient (Wildman–Crippen LogP) is 7.11. The summed E-state index contributed by atoms with van der Waals surface area (Å²) in [5, 5.41) is 0. The van der Waals surface area contributed by atoms with Gasteiger partial charge in [-0.2, -0.15) is 34.2 Å². The van der Waals surface area contributed by atoms with Crippen LogP contribution < -0.4 is 26.1 Å². The first-order valence-electron chi connectivity index (χ1n) is 16.1. The normalized spacial score (nSPS) is 11.2. The number of hydrogen-bond acceptors (Lipinski definition) is 6. The van der Waals surface area contributed by atoms with Crippen LogP contribution in [0.4, 0.5) is 0 Å². The Kier molecular flexibility index (Phi) is 10.8. The maximum atomic E-state index is 6.40. The zero-order valence-electron chi connectivity index (χ0n) is 28.1. The molecule has 0 spiro atoms. The second-order valence-electron chi connectivity index (χ2n) is 12.4. The van der Waals surface area contributed by atoms with Crippen molar-refractivity contribution in [1.82, 2.24) is 19.9 Å². The van der Waals surface area contributed by atoms with Gasteiger partial charge in [0.15, 0.2) is 0 Å². The van der Waals surface area contributed by atoms with Crippen LogP contribution in [0.25, 0.3) is 33.6 Å². The molecule has 51 heavy (non-hydrogen) atoms. The summed E-state index contributed by atoms with van der Waals surface area (Å²) < 4.78 is 12.8. The van der Waals surface area contributed by atoms with E-state index in [-0.39, 0.29) is 47.6 Å². The van der Waals surface area contributed by atoms with Gasteiger partial charge in [0.1, 0.15) is 0 Å². The van der Waals surface area contributed by atoms with E-state index in [1.165, 1.54) is 0 Å². The van der Waals surface area contributed by atoms with Crippen LogP contribution in [-0.4, -0.2) is 26.6 Å². The molecule has 9 heteroatoms. The number of pyridine rings is 2. The second kappa shape index (κ2) is 15.2. The number of ether oxygens (including phenoxy) is 2.